The van der Waals surface area contributed by atoms with Crippen molar-refractivity contribution in [2.75, 3.05) is 19.6 Å². The van der Waals surface area contributed by atoms with E-state index in [1.54, 1.807) is 0 Å². The van der Waals surface area contributed by atoms with Crippen molar-refractivity contribution in [2.45, 2.75) is 20.8 Å². The van der Waals surface area contributed by atoms with Crippen molar-refractivity contribution < 1.29 is 0 Å². The molecule has 11 heavy (non-hydrogen) atoms. The summed E-state index contributed by atoms with van der Waals surface area (Å²) in [7, 11) is 0. The van der Waals surface area contributed by atoms with Crippen LogP contribution in [0.5, 0.6) is 0 Å². The van der Waals surface area contributed by atoms with Crippen molar-refractivity contribution in [3.63, 3.8) is 0 Å². The van der Waals surface area contributed by atoms with Gasteiger partial charge in [0.05, 0.1) is 0 Å². The van der Waals surface area contributed by atoms with E-state index in [4.69, 9.17) is 11.6 Å². The van der Waals surface area contributed by atoms with Gasteiger partial charge < -0.3 is 4.90 Å². The Bertz CT molecular complexity index is 111. The molecular formula is C7H16Cl2N2. The van der Waals surface area contributed by atoms with Crippen LogP contribution < -0.4 is 0 Å². The highest BCUT2D eigenvalue weighted by Gasteiger charge is 2.00. The highest BCUT2D eigenvalue weighted by atomic mass is 35.5. The van der Waals surface area contributed by atoms with E-state index in [0.29, 0.717) is 5.29 Å². The zero-order chi connectivity index (χ0) is 7.98. The van der Waals surface area contributed by atoms with Gasteiger partial charge in [-0.1, -0.05) is 0 Å². The van der Waals surface area contributed by atoms with E-state index in [0.717, 1.165) is 19.6 Å². The minimum absolute atomic E-state index is 0. The van der Waals surface area contributed by atoms with E-state index in [2.05, 4.69) is 18.8 Å². The van der Waals surface area contributed by atoms with Gasteiger partial charge in [0.15, 0.2) is 5.29 Å². The van der Waals surface area contributed by atoms with Gasteiger partial charge in [0.1, 0.15) is 0 Å². The molecule has 0 heterocycles. The van der Waals surface area contributed by atoms with Crippen LogP contribution >= 0.6 is 24.0 Å². The topological polar surface area (TPSA) is 15.6 Å². The molecule has 0 aromatic carbocycles. The first-order chi connectivity index (χ1) is 4.76. The molecule has 0 rings (SSSR count). The van der Waals surface area contributed by atoms with Crippen LogP contribution in [0.25, 0.3) is 0 Å². The Morgan fingerprint density at radius 2 is 1.73 bits per heavy atom. The second-order valence-corrected chi connectivity index (χ2v) is 2.25. The monoisotopic (exact) mass is 198 g/mol. The van der Waals surface area contributed by atoms with Gasteiger partial charge >= 0.3 is 0 Å². The molecule has 0 aromatic rings. The summed E-state index contributed by atoms with van der Waals surface area (Å²) in [5.41, 5.74) is 0. The molecule has 2 nitrogen and oxygen atoms in total. The van der Waals surface area contributed by atoms with E-state index in [9.17, 15) is 0 Å². The molecule has 4 heteroatoms. The van der Waals surface area contributed by atoms with Gasteiger partial charge in [0, 0.05) is 19.6 Å². The summed E-state index contributed by atoms with van der Waals surface area (Å²) in [6, 6.07) is 0. The molecular weight excluding hydrogens is 183 g/mol. The Hall–Kier alpha value is 0.0500. The summed E-state index contributed by atoms with van der Waals surface area (Å²) >= 11 is 5.82. The summed E-state index contributed by atoms with van der Waals surface area (Å²) in [6.07, 6.45) is 0. The van der Waals surface area contributed by atoms with Crippen molar-refractivity contribution in [1.82, 2.24) is 4.90 Å². The molecule has 0 bridgehead atoms. The number of halogens is 2. The Balaban J connectivity index is 0. The lowest BCUT2D eigenvalue weighted by Crippen LogP contribution is -2.26. The van der Waals surface area contributed by atoms with Crippen molar-refractivity contribution in [1.29, 1.82) is 0 Å². The number of aliphatic imine (C=N–C) groups is 1. The second kappa shape index (κ2) is 8.15. The predicted molar refractivity (Wildman–Crippen MR) is 54.0 cm³/mol. The van der Waals surface area contributed by atoms with Crippen molar-refractivity contribution in [3.8, 4) is 0 Å². The van der Waals surface area contributed by atoms with Crippen LogP contribution in [0.4, 0.5) is 0 Å². The number of rotatable bonds is 3. The van der Waals surface area contributed by atoms with Crippen LogP contribution in [0.3, 0.4) is 0 Å². The zero-order valence-electron chi connectivity index (χ0n) is 7.30. The average molecular weight is 199 g/mol. The molecule has 0 amide bonds. The van der Waals surface area contributed by atoms with E-state index in [1.807, 2.05) is 11.8 Å². The summed E-state index contributed by atoms with van der Waals surface area (Å²) < 4.78 is 0. The molecule has 0 aliphatic heterocycles. The number of hydrogen-bond donors (Lipinski definition) is 0. The molecule has 0 aliphatic carbocycles. The summed E-state index contributed by atoms with van der Waals surface area (Å²) in [5, 5.41) is 0.632. The first-order valence-corrected chi connectivity index (χ1v) is 4.08. The number of hydrogen-bond acceptors (Lipinski definition) is 1. The SMILES string of the molecule is CCN=C(Cl)N(CC)CC.Cl. The highest BCUT2D eigenvalue weighted by molar-refractivity contribution is 6.64. The van der Waals surface area contributed by atoms with Crippen LogP contribution in [-0.4, -0.2) is 29.8 Å². The predicted octanol–water partition coefficient (Wildman–Crippen LogP) is 2.36. The summed E-state index contributed by atoms with van der Waals surface area (Å²) in [5.74, 6) is 0. The van der Waals surface area contributed by atoms with Crippen molar-refractivity contribution in [3.05, 3.63) is 0 Å². The first kappa shape index (κ1) is 13.6. The standard InChI is InChI=1S/C7H15ClN2.ClH/c1-4-9-7(8)10(5-2)6-3;/h4-6H2,1-3H3;1H. The number of amidine groups is 1. The fourth-order valence-corrected chi connectivity index (χ4v) is 1.07. The third-order valence-corrected chi connectivity index (χ3v) is 1.67. The molecule has 0 fully saturated rings. The molecule has 0 aromatic heterocycles. The maximum Gasteiger partial charge on any atom is 0.193 e. The van der Waals surface area contributed by atoms with Gasteiger partial charge in [-0.2, -0.15) is 0 Å². The Labute approximate surface area is 80.0 Å². The maximum absolute atomic E-state index is 5.82. The fourth-order valence-electron chi connectivity index (χ4n) is 0.715. The largest absolute Gasteiger partial charge is 0.348 e. The van der Waals surface area contributed by atoms with E-state index < -0.39 is 0 Å². The lowest BCUT2D eigenvalue weighted by atomic mass is 10.6. The molecule has 0 atom stereocenters. The smallest absolute Gasteiger partial charge is 0.193 e. The quantitative estimate of drug-likeness (QED) is 0.387. The van der Waals surface area contributed by atoms with Crippen LogP contribution in [0.15, 0.2) is 4.99 Å². The van der Waals surface area contributed by atoms with Gasteiger partial charge in [0.2, 0.25) is 0 Å². The third kappa shape index (κ3) is 5.33. The molecule has 68 valence electrons. The van der Waals surface area contributed by atoms with Crippen molar-refractivity contribution >= 4 is 29.3 Å². The summed E-state index contributed by atoms with van der Waals surface area (Å²) in [6.45, 7) is 8.73. The highest BCUT2D eigenvalue weighted by Crippen LogP contribution is 1.95. The fraction of sp³-hybridized carbons (Fsp3) is 0.857. The molecule has 0 saturated heterocycles. The van der Waals surface area contributed by atoms with Gasteiger partial charge in [-0.05, 0) is 32.4 Å². The van der Waals surface area contributed by atoms with Gasteiger partial charge in [-0.15, -0.1) is 12.4 Å². The molecule has 0 aliphatic rings. The lowest BCUT2D eigenvalue weighted by Gasteiger charge is -2.17. The Kier molecular flexibility index (Phi) is 10.1. The van der Waals surface area contributed by atoms with Crippen LogP contribution in [0, 0.1) is 0 Å². The van der Waals surface area contributed by atoms with Crippen LogP contribution in [-0.2, 0) is 0 Å². The molecule has 0 saturated carbocycles. The molecule has 0 spiro atoms. The maximum atomic E-state index is 5.82. The minimum atomic E-state index is 0. The Morgan fingerprint density at radius 3 is 2.00 bits per heavy atom. The van der Waals surface area contributed by atoms with E-state index in [1.165, 1.54) is 0 Å². The third-order valence-electron chi connectivity index (χ3n) is 1.31. The molecule has 0 unspecified atom stereocenters. The van der Waals surface area contributed by atoms with Crippen LogP contribution in [0.1, 0.15) is 20.8 Å². The zero-order valence-corrected chi connectivity index (χ0v) is 8.87. The molecule has 0 radical (unpaired) electrons. The van der Waals surface area contributed by atoms with Crippen molar-refractivity contribution in [2.24, 2.45) is 4.99 Å². The first-order valence-electron chi connectivity index (χ1n) is 3.71. The van der Waals surface area contributed by atoms with Crippen LogP contribution in [0.2, 0.25) is 0 Å². The summed E-state index contributed by atoms with van der Waals surface area (Å²) in [4.78, 5) is 6.09. The van der Waals surface area contributed by atoms with E-state index >= 15 is 0 Å². The minimum Gasteiger partial charge on any atom is -0.348 e. The number of nitrogens with zero attached hydrogens (tertiary/aromatic N) is 2. The normalized spacial score (nSPS) is 10.7. The van der Waals surface area contributed by atoms with E-state index in [-0.39, 0.29) is 12.4 Å². The van der Waals surface area contributed by atoms with Gasteiger partial charge in [0.25, 0.3) is 0 Å². The molecule has 0 N–H and O–H groups in total. The average Bonchev–Trinajstić information content (AvgIpc) is 1.91. The van der Waals surface area contributed by atoms with Gasteiger partial charge in [-0.3, -0.25) is 4.99 Å². The van der Waals surface area contributed by atoms with Gasteiger partial charge in [-0.25, -0.2) is 0 Å². The Morgan fingerprint density at radius 1 is 1.27 bits per heavy atom. The lowest BCUT2D eigenvalue weighted by molar-refractivity contribution is 0.472. The second-order valence-electron chi connectivity index (χ2n) is 1.92.